The van der Waals surface area contributed by atoms with Gasteiger partial charge < -0.3 is 10.0 Å². The van der Waals surface area contributed by atoms with Crippen LogP contribution in [0, 0.1) is 0 Å². The number of carbonyl (C=O) groups is 1. The molecule has 1 N–H and O–H groups in total. The molecule has 0 aliphatic heterocycles. The molecule has 3 heteroatoms. The molecule has 104 valence electrons. The molecule has 1 aromatic rings. The highest BCUT2D eigenvalue weighted by Gasteiger charge is 2.26. The van der Waals surface area contributed by atoms with Gasteiger partial charge in [0, 0.05) is 18.2 Å². The molecule has 0 atom stereocenters. The summed E-state index contributed by atoms with van der Waals surface area (Å²) in [6.07, 6.45) is 5.50. The zero-order chi connectivity index (χ0) is 13.7. The van der Waals surface area contributed by atoms with E-state index in [0.29, 0.717) is 12.6 Å². The maximum atomic E-state index is 12.5. The van der Waals surface area contributed by atoms with E-state index in [2.05, 4.69) is 6.92 Å². The topological polar surface area (TPSA) is 40.5 Å². The predicted octanol–water partition coefficient (Wildman–Crippen LogP) is 2.63. The summed E-state index contributed by atoms with van der Waals surface area (Å²) in [5.74, 6) is 0.0589. The van der Waals surface area contributed by atoms with Gasteiger partial charge in [0.1, 0.15) is 0 Å². The highest BCUT2D eigenvalue weighted by Crippen LogP contribution is 2.24. The van der Waals surface area contributed by atoms with Crippen LogP contribution in [0.2, 0.25) is 0 Å². The van der Waals surface area contributed by atoms with Crippen molar-refractivity contribution in [1.29, 1.82) is 0 Å². The van der Waals surface area contributed by atoms with Crippen molar-refractivity contribution in [2.24, 2.45) is 0 Å². The number of amides is 1. The third-order valence-electron chi connectivity index (χ3n) is 3.98. The summed E-state index contributed by atoms with van der Waals surface area (Å²) in [5, 5.41) is 9.18. The molecule has 0 unspecified atom stereocenters. The second-order valence-electron chi connectivity index (χ2n) is 5.21. The molecule has 1 aliphatic rings. The van der Waals surface area contributed by atoms with Crippen LogP contribution >= 0.6 is 0 Å². The van der Waals surface area contributed by atoms with Gasteiger partial charge in [-0.1, -0.05) is 31.9 Å². The van der Waals surface area contributed by atoms with Crippen LogP contribution in [0.15, 0.2) is 24.3 Å². The van der Waals surface area contributed by atoms with Gasteiger partial charge in [0.2, 0.25) is 0 Å². The minimum atomic E-state index is 0.0370. The number of aliphatic hydroxyl groups is 1. The van der Waals surface area contributed by atoms with Crippen LogP contribution in [0.5, 0.6) is 0 Å². The molecule has 0 radical (unpaired) electrons. The zero-order valence-electron chi connectivity index (χ0n) is 11.6. The van der Waals surface area contributed by atoms with E-state index in [1.54, 1.807) is 0 Å². The van der Waals surface area contributed by atoms with Crippen molar-refractivity contribution >= 4 is 5.91 Å². The van der Waals surface area contributed by atoms with E-state index in [1.165, 1.54) is 18.4 Å². The van der Waals surface area contributed by atoms with Gasteiger partial charge in [0.15, 0.2) is 0 Å². The molecule has 0 heterocycles. The smallest absolute Gasteiger partial charge is 0.254 e. The normalized spacial score (nSPS) is 15.7. The quantitative estimate of drug-likeness (QED) is 0.885. The van der Waals surface area contributed by atoms with Gasteiger partial charge >= 0.3 is 0 Å². The van der Waals surface area contributed by atoms with Crippen LogP contribution in [0.25, 0.3) is 0 Å². The van der Waals surface area contributed by atoms with Crippen molar-refractivity contribution in [1.82, 2.24) is 4.90 Å². The Morgan fingerprint density at radius 3 is 2.42 bits per heavy atom. The van der Waals surface area contributed by atoms with Crippen LogP contribution < -0.4 is 0 Å². The first-order valence-electron chi connectivity index (χ1n) is 7.27. The monoisotopic (exact) mass is 261 g/mol. The largest absolute Gasteiger partial charge is 0.395 e. The number of nitrogens with zero attached hydrogens (tertiary/aromatic N) is 1. The van der Waals surface area contributed by atoms with Crippen molar-refractivity contribution in [2.75, 3.05) is 13.2 Å². The molecule has 0 aromatic heterocycles. The van der Waals surface area contributed by atoms with E-state index in [-0.39, 0.29) is 12.5 Å². The van der Waals surface area contributed by atoms with Gasteiger partial charge in [0.05, 0.1) is 6.61 Å². The Morgan fingerprint density at radius 2 is 1.89 bits per heavy atom. The Kier molecular flexibility index (Phi) is 4.97. The third kappa shape index (κ3) is 3.35. The number of benzene rings is 1. The fourth-order valence-electron chi connectivity index (χ4n) is 2.82. The van der Waals surface area contributed by atoms with E-state index in [9.17, 15) is 9.90 Å². The molecule has 1 amide bonds. The lowest BCUT2D eigenvalue weighted by atomic mass is 10.1. The highest BCUT2D eigenvalue weighted by atomic mass is 16.3. The Morgan fingerprint density at radius 1 is 1.26 bits per heavy atom. The third-order valence-corrected chi connectivity index (χ3v) is 3.98. The lowest BCUT2D eigenvalue weighted by Gasteiger charge is -2.28. The number of hydrogen-bond donors (Lipinski definition) is 1. The molecule has 0 spiro atoms. The highest BCUT2D eigenvalue weighted by molar-refractivity contribution is 5.94. The molecule has 19 heavy (non-hydrogen) atoms. The first-order chi connectivity index (χ1) is 9.26. The molecule has 1 aliphatic carbocycles. The van der Waals surface area contributed by atoms with Crippen molar-refractivity contribution in [3.8, 4) is 0 Å². The second-order valence-corrected chi connectivity index (χ2v) is 5.21. The standard InChI is InChI=1S/C16H23NO2/c1-2-13-7-9-14(10-8-13)16(19)17(11-12-18)15-5-3-4-6-15/h7-10,15,18H,2-6,11-12H2,1H3. The molecule has 1 saturated carbocycles. The Hall–Kier alpha value is -1.35. The van der Waals surface area contributed by atoms with E-state index >= 15 is 0 Å². The fourth-order valence-corrected chi connectivity index (χ4v) is 2.82. The van der Waals surface area contributed by atoms with Crippen LogP contribution in [0.4, 0.5) is 0 Å². The molecular weight excluding hydrogens is 238 g/mol. The number of rotatable bonds is 5. The summed E-state index contributed by atoms with van der Waals surface area (Å²) in [6.45, 7) is 2.59. The summed E-state index contributed by atoms with van der Waals surface area (Å²) in [7, 11) is 0. The lowest BCUT2D eigenvalue weighted by Crippen LogP contribution is -2.40. The summed E-state index contributed by atoms with van der Waals surface area (Å²) in [4.78, 5) is 14.4. The summed E-state index contributed by atoms with van der Waals surface area (Å²) >= 11 is 0. The van der Waals surface area contributed by atoms with Gasteiger partial charge in [-0.3, -0.25) is 4.79 Å². The Bertz CT molecular complexity index is 407. The molecule has 2 rings (SSSR count). The van der Waals surface area contributed by atoms with Crippen molar-refractivity contribution in [2.45, 2.75) is 45.1 Å². The van der Waals surface area contributed by atoms with E-state index in [4.69, 9.17) is 0 Å². The van der Waals surface area contributed by atoms with Crippen LogP contribution in [-0.4, -0.2) is 35.1 Å². The van der Waals surface area contributed by atoms with Crippen molar-refractivity contribution in [3.05, 3.63) is 35.4 Å². The van der Waals surface area contributed by atoms with Crippen molar-refractivity contribution < 1.29 is 9.90 Å². The number of aliphatic hydroxyl groups excluding tert-OH is 1. The SMILES string of the molecule is CCc1ccc(C(=O)N(CCO)C2CCCC2)cc1. The number of carbonyl (C=O) groups excluding carboxylic acids is 1. The molecule has 3 nitrogen and oxygen atoms in total. The molecule has 0 saturated heterocycles. The lowest BCUT2D eigenvalue weighted by molar-refractivity contribution is 0.0638. The van der Waals surface area contributed by atoms with Gasteiger partial charge in [0.25, 0.3) is 5.91 Å². The van der Waals surface area contributed by atoms with Crippen LogP contribution in [-0.2, 0) is 6.42 Å². The van der Waals surface area contributed by atoms with Crippen LogP contribution in [0.1, 0.15) is 48.5 Å². The minimum absolute atomic E-state index is 0.0370. The van der Waals surface area contributed by atoms with Gasteiger partial charge in [-0.15, -0.1) is 0 Å². The maximum Gasteiger partial charge on any atom is 0.254 e. The second kappa shape index (κ2) is 6.71. The average Bonchev–Trinajstić information content (AvgIpc) is 2.98. The van der Waals surface area contributed by atoms with Gasteiger partial charge in [-0.05, 0) is 37.0 Å². The summed E-state index contributed by atoms with van der Waals surface area (Å²) in [6, 6.07) is 8.14. The fraction of sp³-hybridized carbons (Fsp3) is 0.562. The summed E-state index contributed by atoms with van der Waals surface area (Å²) < 4.78 is 0. The number of hydrogen-bond acceptors (Lipinski definition) is 2. The van der Waals surface area contributed by atoms with Gasteiger partial charge in [-0.25, -0.2) is 0 Å². The first kappa shape index (κ1) is 14.1. The minimum Gasteiger partial charge on any atom is -0.395 e. The summed E-state index contributed by atoms with van der Waals surface area (Å²) in [5.41, 5.74) is 1.98. The van der Waals surface area contributed by atoms with E-state index in [0.717, 1.165) is 24.8 Å². The number of aryl methyl sites for hydroxylation is 1. The van der Waals surface area contributed by atoms with Crippen LogP contribution in [0.3, 0.4) is 0 Å². The van der Waals surface area contributed by atoms with Crippen molar-refractivity contribution in [3.63, 3.8) is 0 Å². The molecule has 1 fully saturated rings. The van der Waals surface area contributed by atoms with E-state index < -0.39 is 0 Å². The first-order valence-corrected chi connectivity index (χ1v) is 7.27. The maximum absolute atomic E-state index is 12.5. The van der Waals surface area contributed by atoms with Gasteiger partial charge in [-0.2, -0.15) is 0 Å². The van der Waals surface area contributed by atoms with E-state index in [1.807, 2.05) is 29.2 Å². The molecular formula is C16H23NO2. The Labute approximate surface area is 115 Å². The zero-order valence-corrected chi connectivity index (χ0v) is 11.6. The molecule has 1 aromatic carbocycles. The Balaban J connectivity index is 2.12. The predicted molar refractivity (Wildman–Crippen MR) is 76.2 cm³/mol. The average molecular weight is 261 g/mol. The molecule has 0 bridgehead atoms.